The van der Waals surface area contributed by atoms with E-state index in [0.29, 0.717) is 11.3 Å². The van der Waals surface area contributed by atoms with E-state index in [1.165, 1.54) is 23.5 Å². The molecule has 0 bridgehead atoms. The van der Waals surface area contributed by atoms with Gasteiger partial charge in [-0.2, -0.15) is 4.31 Å². The molecule has 1 fully saturated rings. The third-order valence-corrected chi connectivity index (χ3v) is 6.62. The number of carboxylic acids is 2. The second kappa shape index (κ2) is 11.2. The Labute approximate surface area is 194 Å². The number of sulfonamides is 1. The van der Waals surface area contributed by atoms with E-state index in [0.717, 1.165) is 12.1 Å². The first kappa shape index (κ1) is 26.2. The van der Waals surface area contributed by atoms with Gasteiger partial charge in [-0.1, -0.05) is 6.07 Å². The zero-order valence-electron chi connectivity index (χ0n) is 17.9. The van der Waals surface area contributed by atoms with Crippen LogP contribution in [0.3, 0.4) is 0 Å². The summed E-state index contributed by atoms with van der Waals surface area (Å²) in [4.78, 5) is 42.6. The van der Waals surface area contributed by atoms with Crippen LogP contribution in [0.4, 0.5) is 5.69 Å². The maximum atomic E-state index is 12.7. The molecule has 0 aromatic heterocycles. The van der Waals surface area contributed by atoms with Gasteiger partial charge in [-0.05, 0) is 30.3 Å². The molecule has 0 unspecified atom stereocenters. The van der Waals surface area contributed by atoms with Gasteiger partial charge in [0.15, 0.2) is 0 Å². The van der Waals surface area contributed by atoms with Gasteiger partial charge in [0.05, 0.1) is 16.9 Å². The lowest BCUT2D eigenvalue weighted by atomic mass is 10.1. The predicted octanol–water partition coefficient (Wildman–Crippen LogP) is 0.906. The van der Waals surface area contributed by atoms with E-state index in [-0.39, 0.29) is 42.7 Å². The first-order valence-corrected chi connectivity index (χ1v) is 11.1. The summed E-state index contributed by atoms with van der Waals surface area (Å²) in [6.45, 7) is 0.800. The average Bonchev–Trinajstić information content (AvgIpc) is 2.84. The van der Waals surface area contributed by atoms with Crippen molar-refractivity contribution < 1.29 is 42.7 Å². The molecular weight excluding hydrogens is 474 g/mol. The molecule has 1 saturated heterocycles. The molecule has 1 heterocycles. The van der Waals surface area contributed by atoms with E-state index in [4.69, 9.17) is 24.5 Å². The van der Waals surface area contributed by atoms with Crippen LogP contribution < -0.4 is 4.74 Å². The van der Waals surface area contributed by atoms with Crippen molar-refractivity contribution in [1.29, 1.82) is 0 Å². The summed E-state index contributed by atoms with van der Waals surface area (Å²) in [7, 11) is -2.26. The Morgan fingerprint density at radius 2 is 1.53 bits per heavy atom. The molecule has 0 radical (unpaired) electrons. The fourth-order valence-electron chi connectivity index (χ4n) is 2.96. The van der Waals surface area contributed by atoms with E-state index in [1.807, 2.05) is 0 Å². The van der Waals surface area contributed by atoms with Gasteiger partial charge in [0.25, 0.3) is 11.6 Å². The Hall–Kier alpha value is -4.04. The smallest absolute Gasteiger partial charge is 0.414 e. The van der Waals surface area contributed by atoms with Crippen LogP contribution in [0, 0.1) is 10.1 Å². The third-order valence-electron chi connectivity index (χ3n) is 4.71. The van der Waals surface area contributed by atoms with E-state index in [1.54, 1.807) is 29.2 Å². The number of methoxy groups -OCH3 is 1. The normalized spacial score (nSPS) is 13.9. The SMILES string of the molecule is COc1cccc(C(=O)N2CCN(S(=O)(=O)c3ccc([N+](=O)[O-])cc3)CC2)c1.O=C(O)C(=O)O. The van der Waals surface area contributed by atoms with Gasteiger partial charge in [0, 0.05) is 43.9 Å². The Morgan fingerprint density at radius 1 is 0.971 bits per heavy atom. The van der Waals surface area contributed by atoms with Crippen LogP contribution in [0.1, 0.15) is 10.4 Å². The second-order valence-electron chi connectivity index (χ2n) is 6.79. The number of benzene rings is 2. The number of hydrogen-bond acceptors (Lipinski definition) is 8. The van der Waals surface area contributed by atoms with E-state index in [9.17, 15) is 23.3 Å². The number of amides is 1. The summed E-state index contributed by atoms with van der Waals surface area (Å²) < 4.78 is 31.9. The molecule has 34 heavy (non-hydrogen) atoms. The Bertz CT molecular complexity index is 1160. The number of carboxylic acid groups (broad SMARTS) is 2. The molecular formula is C20H21N3O10S. The lowest BCUT2D eigenvalue weighted by Gasteiger charge is -2.34. The Kier molecular flexibility index (Phi) is 8.64. The lowest BCUT2D eigenvalue weighted by Crippen LogP contribution is -2.50. The zero-order valence-corrected chi connectivity index (χ0v) is 18.7. The van der Waals surface area contributed by atoms with Gasteiger partial charge >= 0.3 is 11.9 Å². The lowest BCUT2D eigenvalue weighted by molar-refractivity contribution is -0.384. The predicted molar refractivity (Wildman–Crippen MR) is 116 cm³/mol. The summed E-state index contributed by atoms with van der Waals surface area (Å²) in [6.07, 6.45) is 0. The van der Waals surface area contributed by atoms with Gasteiger partial charge in [0.2, 0.25) is 10.0 Å². The molecule has 2 N–H and O–H groups in total. The molecule has 3 rings (SSSR count). The van der Waals surface area contributed by atoms with Gasteiger partial charge in [0.1, 0.15) is 5.75 Å². The number of aliphatic carboxylic acids is 2. The van der Waals surface area contributed by atoms with Crippen molar-refractivity contribution in [2.45, 2.75) is 4.90 Å². The molecule has 0 atom stereocenters. The highest BCUT2D eigenvalue weighted by molar-refractivity contribution is 7.89. The van der Waals surface area contributed by atoms with Crippen LogP contribution in [-0.2, 0) is 19.6 Å². The molecule has 0 saturated carbocycles. The minimum absolute atomic E-state index is 0.00864. The molecule has 13 nitrogen and oxygen atoms in total. The number of non-ortho nitro benzene ring substituents is 1. The van der Waals surface area contributed by atoms with E-state index >= 15 is 0 Å². The molecule has 2 aromatic carbocycles. The Balaban J connectivity index is 0.000000604. The largest absolute Gasteiger partial charge is 0.497 e. The van der Waals surface area contributed by atoms with Crippen molar-refractivity contribution in [3.8, 4) is 5.75 Å². The molecule has 2 aromatic rings. The highest BCUT2D eigenvalue weighted by Crippen LogP contribution is 2.22. The zero-order chi connectivity index (χ0) is 25.5. The fourth-order valence-corrected chi connectivity index (χ4v) is 4.38. The van der Waals surface area contributed by atoms with Gasteiger partial charge in [-0.3, -0.25) is 14.9 Å². The number of nitro groups is 1. The minimum atomic E-state index is -3.78. The molecule has 1 amide bonds. The van der Waals surface area contributed by atoms with Crippen molar-refractivity contribution >= 4 is 33.6 Å². The number of piperazine rings is 1. The van der Waals surface area contributed by atoms with Crippen molar-refractivity contribution in [3.05, 3.63) is 64.2 Å². The third kappa shape index (κ3) is 6.49. The number of carbonyl (C=O) groups is 3. The number of ether oxygens (including phenoxy) is 1. The summed E-state index contributed by atoms with van der Waals surface area (Å²) >= 11 is 0. The minimum Gasteiger partial charge on any atom is -0.497 e. The van der Waals surface area contributed by atoms with Crippen molar-refractivity contribution in [3.63, 3.8) is 0 Å². The Morgan fingerprint density at radius 3 is 2.00 bits per heavy atom. The van der Waals surface area contributed by atoms with E-state index in [2.05, 4.69) is 0 Å². The average molecular weight is 495 g/mol. The number of hydrogen-bond donors (Lipinski definition) is 2. The van der Waals surface area contributed by atoms with Crippen molar-refractivity contribution in [2.75, 3.05) is 33.3 Å². The maximum Gasteiger partial charge on any atom is 0.414 e. The standard InChI is InChI=1S/C18H19N3O6S.C2H2O4/c1-27-16-4-2-3-14(13-16)18(22)19-9-11-20(12-10-19)28(25,26)17-7-5-15(6-8-17)21(23)24;3-1(4)2(5)6/h2-8,13H,9-12H2,1H3;(H,3,4)(H,5,6). The van der Waals surface area contributed by atoms with E-state index < -0.39 is 26.9 Å². The topological polar surface area (TPSA) is 185 Å². The first-order valence-electron chi connectivity index (χ1n) is 9.61. The fraction of sp³-hybridized carbons (Fsp3) is 0.250. The summed E-state index contributed by atoms with van der Waals surface area (Å²) in [5.41, 5.74) is 0.304. The monoisotopic (exact) mass is 495 g/mol. The van der Waals surface area contributed by atoms with Gasteiger partial charge in [-0.25, -0.2) is 18.0 Å². The summed E-state index contributed by atoms with van der Waals surface area (Å²) in [5.74, 6) is -3.26. The molecule has 1 aliphatic heterocycles. The number of rotatable bonds is 5. The number of nitrogens with zero attached hydrogens (tertiary/aromatic N) is 3. The van der Waals surface area contributed by atoms with Crippen molar-refractivity contribution in [1.82, 2.24) is 9.21 Å². The second-order valence-corrected chi connectivity index (χ2v) is 8.73. The van der Waals surface area contributed by atoms with Gasteiger partial charge < -0.3 is 19.8 Å². The number of nitro benzene ring substituents is 1. The molecule has 1 aliphatic rings. The van der Waals surface area contributed by atoms with Crippen LogP contribution in [0.5, 0.6) is 5.75 Å². The van der Waals surface area contributed by atoms with Crippen LogP contribution >= 0.6 is 0 Å². The van der Waals surface area contributed by atoms with Crippen molar-refractivity contribution in [2.24, 2.45) is 0 Å². The first-order chi connectivity index (χ1) is 16.0. The molecule has 14 heteroatoms. The van der Waals surface area contributed by atoms with Crippen LogP contribution in [-0.4, -0.2) is 83.9 Å². The number of carbonyl (C=O) groups excluding carboxylic acids is 1. The van der Waals surface area contributed by atoms with Crippen LogP contribution in [0.25, 0.3) is 0 Å². The summed E-state index contributed by atoms with van der Waals surface area (Å²) in [6, 6.07) is 11.6. The quantitative estimate of drug-likeness (QED) is 0.343. The highest BCUT2D eigenvalue weighted by atomic mass is 32.2. The maximum absolute atomic E-state index is 12.7. The summed E-state index contributed by atoms with van der Waals surface area (Å²) in [5, 5.41) is 25.5. The molecule has 182 valence electrons. The molecule has 0 aliphatic carbocycles. The van der Waals surface area contributed by atoms with Crippen LogP contribution in [0.15, 0.2) is 53.4 Å². The van der Waals surface area contributed by atoms with Crippen LogP contribution in [0.2, 0.25) is 0 Å². The molecule has 0 spiro atoms. The van der Waals surface area contributed by atoms with Gasteiger partial charge in [-0.15, -0.1) is 0 Å². The highest BCUT2D eigenvalue weighted by Gasteiger charge is 2.30.